The van der Waals surface area contributed by atoms with Crippen LogP contribution in [0.4, 0.5) is 5.69 Å². The first kappa shape index (κ1) is 21.5. The normalized spacial score (nSPS) is 12.7. The van der Waals surface area contributed by atoms with Gasteiger partial charge in [0.15, 0.2) is 11.8 Å². The standard InChI is InChI=1S/C20H22N4O5S/c1-12-9-10-14(30(27,28)24(3)4)11-17(12)21-19(25)13(2)29-20(26)18-15-7-5-6-8-16(15)22-23-18/h5-11,13H,1-4H3,(H,21,25)(H,22,23). The van der Waals surface area contributed by atoms with Crippen LogP contribution in [0.15, 0.2) is 47.4 Å². The predicted octanol–water partition coefficient (Wildman–Crippen LogP) is 2.31. The molecule has 1 atom stereocenters. The number of esters is 1. The van der Waals surface area contributed by atoms with Gasteiger partial charge in [-0.05, 0) is 37.6 Å². The summed E-state index contributed by atoms with van der Waals surface area (Å²) in [7, 11) is -0.808. The minimum absolute atomic E-state index is 0.0426. The zero-order chi connectivity index (χ0) is 22.1. The molecule has 3 rings (SSSR count). The number of ether oxygens (including phenoxy) is 1. The maximum Gasteiger partial charge on any atom is 0.360 e. The van der Waals surface area contributed by atoms with Crippen molar-refractivity contribution in [2.75, 3.05) is 19.4 Å². The van der Waals surface area contributed by atoms with E-state index in [0.29, 0.717) is 22.2 Å². The van der Waals surface area contributed by atoms with E-state index in [0.717, 1.165) is 4.31 Å². The number of carbonyl (C=O) groups excluding carboxylic acids is 2. The number of hydrogen-bond donors (Lipinski definition) is 2. The van der Waals surface area contributed by atoms with Crippen molar-refractivity contribution >= 4 is 38.5 Å². The van der Waals surface area contributed by atoms with Gasteiger partial charge >= 0.3 is 5.97 Å². The number of carbonyl (C=O) groups is 2. The van der Waals surface area contributed by atoms with Crippen molar-refractivity contribution in [2.24, 2.45) is 0 Å². The molecule has 158 valence electrons. The molecule has 2 N–H and O–H groups in total. The van der Waals surface area contributed by atoms with Gasteiger partial charge in [0.2, 0.25) is 10.0 Å². The number of sulfonamides is 1. The number of aromatic amines is 1. The van der Waals surface area contributed by atoms with Gasteiger partial charge in [-0.25, -0.2) is 17.5 Å². The van der Waals surface area contributed by atoms with Crippen molar-refractivity contribution in [3.63, 3.8) is 0 Å². The fraction of sp³-hybridized carbons (Fsp3) is 0.250. The molecule has 0 radical (unpaired) electrons. The first-order chi connectivity index (χ1) is 14.1. The quantitative estimate of drug-likeness (QED) is 0.579. The topological polar surface area (TPSA) is 121 Å². The Balaban J connectivity index is 1.75. The summed E-state index contributed by atoms with van der Waals surface area (Å²) >= 11 is 0. The number of aromatic nitrogens is 2. The van der Waals surface area contributed by atoms with Crippen LogP contribution in [-0.4, -0.2) is 55.0 Å². The molecular formula is C20H22N4O5S. The number of para-hydroxylation sites is 1. The van der Waals surface area contributed by atoms with E-state index in [1.807, 2.05) is 0 Å². The lowest BCUT2D eigenvalue weighted by Gasteiger charge is -2.16. The maximum absolute atomic E-state index is 12.6. The summed E-state index contributed by atoms with van der Waals surface area (Å²) in [5.74, 6) is -1.33. The molecule has 0 bridgehead atoms. The fourth-order valence-electron chi connectivity index (χ4n) is 2.73. The minimum Gasteiger partial charge on any atom is -0.448 e. The molecule has 0 saturated heterocycles. The first-order valence-corrected chi connectivity index (χ1v) is 10.5. The summed E-state index contributed by atoms with van der Waals surface area (Å²) in [5, 5.41) is 9.91. The number of hydrogen-bond acceptors (Lipinski definition) is 6. The summed E-state index contributed by atoms with van der Waals surface area (Å²) < 4.78 is 31.0. The Morgan fingerprint density at radius 3 is 2.57 bits per heavy atom. The van der Waals surface area contributed by atoms with E-state index in [9.17, 15) is 18.0 Å². The van der Waals surface area contributed by atoms with E-state index in [1.165, 1.54) is 33.2 Å². The Kier molecular flexibility index (Phi) is 5.90. The summed E-state index contributed by atoms with van der Waals surface area (Å²) in [6.45, 7) is 3.16. The number of nitrogens with zero attached hydrogens (tertiary/aromatic N) is 2. The molecular weight excluding hydrogens is 408 g/mol. The van der Waals surface area contributed by atoms with Crippen LogP contribution < -0.4 is 5.32 Å². The molecule has 0 aliphatic carbocycles. The van der Waals surface area contributed by atoms with Crippen LogP contribution in [0.25, 0.3) is 10.9 Å². The second-order valence-corrected chi connectivity index (χ2v) is 9.07. The molecule has 1 amide bonds. The highest BCUT2D eigenvalue weighted by Crippen LogP contribution is 2.22. The smallest absolute Gasteiger partial charge is 0.360 e. The van der Waals surface area contributed by atoms with Crippen molar-refractivity contribution in [3.8, 4) is 0 Å². The molecule has 2 aromatic carbocycles. The van der Waals surface area contributed by atoms with E-state index >= 15 is 0 Å². The molecule has 0 spiro atoms. The van der Waals surface area contributed by atoms with Crippen LogP contribution in [0.3, 0.4) is 0 Å². The third-order valence-corrected chi connectivity index (χ3v) is 6.37. The molecule has 10 heteroatoms. The number of H-pyrrole nitrogens is 1. The largest absolute Gasteiger partial charge is 0.448 e. The molecule has 1 aromatic heterocycles. The van der Waals surface area contributed by atoms with Gasteiger partial charge in [-0.15, -0.1) is 0 Å². The second kappa shape index (κ2) is 8.25. The second-order valence-electron chi connectivity index (χ2n) is 6.92. The Bertz CT molecular complexity index is 1220. The Labute approximate surface area is 174 Å². The lowest BCUT2D eigenvalue weighted by atomic mass is 10.2. The van der Waals surface area contributed by atoms with E-state index < -0.39 is 28.0 Å². The molecule has 0 aliphatic rings. The maximum atomic E-state index is 12.6. The Morgan fingerprint density at radius 2 is 1.87 bits per heavy atom. The molecule has 9 nitrogen and oxygen atoms in total. The van der Waals surface area contributed by atoms with E-state index in [4.69, 9.17) is 4.74 Å². The van der Waals surface area contributed by atoms with Gasteiger partial charge in [-0.1, -0.05) is 24.3 Å². The van der Waals surface area contributed by atoms with Crippen LogP contribution in [0.2, 0.25) is 0 Å². The van der Waals surface area contributed by atoms with E-state index in [-0.39, 0.29) is 10.6 Å². The lowest BCUT2D eigenvalue weighted by molar-refractivity contribution is -0.123. The molecule has 30 heavy (non-hydrogen) atoms. The van der Waals surface area contributed by atoms with Gasteiger partial charge < -0.3 is 10.1 Å². The van der Waals surface area contributed by atoms with Crippen molar-refractivity contribution in [1.29, 1.82) is 0 Å². The molecule has 3 aromatic rings. The van der Waals surface area contributed by atoms with E-state index in [2.05, 4.69) is 15.5 Å². The third-order valence-electron chi connectivity index (χ3n) is 4.56. The summed E-state index contributed by atoms with van der Waals surface area (Å²) in [6.07, 6.45) is -1.12. The zero-order valence-corrected chi connectivity index (χ0v) is 17.8. The molecule has 1 unspecified atom stereocenters. The Hall–Kier alpha value is -3.24. The van der Waals surface area contributed by atoms with E-state index in [1.54, 1.807) is 37.3 Å². The van der Waals surface area contributed by atoms with Gasteiger partial charge in [0.1, 0.15) is 0 Å². The van der Waals surface area contributed by atoms with Crippen molar-refractivity contribution in [2.45, 2.75) is 24.8 Å². The van der Waals surface area contributed by atoms with Crippen LogP contribution in [0.1, 0.15) is 23.0 Å². The highest BCUT2D eigenvalue weighted by molar-refractivity contribution is 7.89. The zero-order valence-electron chi connectivity index (χ0n) is 17.0. The minimum atomic E-state index is -3.66. The average molecular weight is 430 g/mol. The fourth-order valence-corrected chi connectivity index (χ4v) is 3.66. The number of aryl methyl sites for hydroxylation is 1. The summed E-state index contributed by atoms with van der Waals surface area (Å²) in [5.41, 5.74) is 1.74. The molecule has 0 fully saturated rings. The molecule has 1 heterocycles. The Morgan fingerprint density at radius 1 is 1.17 bits per heavy atom. The first-order valence-electron chi connectivity index (χ1n) is 9.09. The van der Waals surface area contributed by atoms with Crippen LogP contribution >= 0.6 is 0 Å². The van der Waals surface area contributed by atoms with Gasteiger partial charge in [-0.3, -0.25) is 9.89 Å². The molecule has 0 aliphatic heterocycles. The average Bonchev–Trinajstić information content (AvgIpc) is 3.13. The molecule has 0 saturated carbocycles. The summed E-state index contributed by atoms with van der Waals surface area (Å²) in [6, 6.07) is 11.5. The number of fused-ring (bicyclic) bond motifs is 1. The van der Waals surface area contributed by atoms with Crippen molar-refractivity contribution in [1.82, 2.24) is 14.5 Å². The SMILES string of the molecule is Cc1ccc(S(=O)(=O)N(C)C)cc1NC(=O)C(C)OC(=O)c1n[nH]c2ccccc12. The van der Waals surface area contributed by atoms with Gasteiger partial charge in [0.05, 0.1) is 10.4 Å². The van der Waals surface area contributed by atoms with Crippen LogP contribution in [-0.2, 0) is 19.6 Å². The number of nitrogens with one attached hydrogen (secondary N) is 2. The monoisotopic (exact) mass is 430 g/mol. The highest BCUT2D eigenvalue weighted by atomic mass is 32.2. The lowest BCUT2D eigenvalue weighted by Crippen LogP contribution is -2.30. The van der Waals surface area contributed by atoms with Gasteiger partial charge in [-0.2, -0.15) is 5.10 Å². The highest BCUT2D eigenvalue weighted by Gasteiger charge is 2.24. The van der Waals surface area contributed by atoms with Crippen LogP contribution in [0.5, 0.6) is 0 Å². The number of benzene rings is 2. The van der Waals surface area contributed by atoms with Crippen LogP contribution in [0, 0.1) is 6.92 Å². The predicted molar refractivity (Wildman–Crippen MR) is 112 cm³/mol. The van der Waals surface area contributed by atoms with Crippen molar-refractivity contribution in [3.05, 3.63) is 53.7 Å². The number of rotatable bonds is 6. The van der Waals surface area contributed by atoms with Gasteiger partial charge in [0, 0.05) is 25.2 Å². The summed E-state index contributed by atoms with van der Waals surface area (Å²) in [4.78, 5) is 25.0. The van der Waals surface area contributed by atoms with Crippen molar-refractivity contribution < 1.29 is 22.7 Å². The number of anilines is 1. The third kappa shape index (κ3) is 4.19. The number of amides is 1. The van der Waals surface area contributed by atoms with Gasteiger partial charge in [0.25, 0.3) is 5.91 Å².